The van der Waals surface area contributed by atoms with Crippen molar-refractivity contribution in [2.24, 2.45) is 5.92 Å². The van der Waals surface area contributed by atoms with E-state index < -0.39 is 0 Å². The molecule has 0 aliphatic heterocycles. The molecule has 1 heterocycles. The van der Waals surface area contributed by atoms with Gasteiger partial charge in [0.15, 0.2) is 0 Å². The van der Waals surface area contributed by atoms with Crippen LogP contribution in [-0.2, 0) is 0 Å². The predicted molar refractivity (Wildman–Crippen MR) is 76.0 cm³/mol. The van der Waals surface area contributed by atoms with Gasteiger partial charge in [-0.1, -0.05) is 25.7 Å². The van der Waals surface area contributed by atoms with Crippen LogP contribution in [0.2, 0.25) is 0 Å². The van der Waals surface area contributed by atoms with Gasteiger partial charge in [-0.25, -0.2) is 4.98 Å². The first kappa shape index (κ1) is 13.1. The van der Waals surface area contributed by atoms with E-state index >= 15 is 0 Å². The number of nitrogens with one attached hydrogen (secondary N) is 2. The van der Waals surface area contributed by atoms with E-state index in [9.17, 15) is 0 Å². The summed E-state index contributed by atoms with van der Waals surface area (Å²) in [4.78, 5) is 8.67. The maximum Gasteiger partial charge on any atom is 0.224 e. The number of hydrogen-bond donors (Lipinski definition) is 2. The lowest BCUT2D eigenvalue weighted by atomic mass is 10.0. The minimum atomic E-state index is 0.688. The van der Waals surface area contributed by atoms with Gasteiger partial charge < -0.3 is 10.6 Å². The first-order chi connectivity index (χ1) is 8.78. The Morgan fingerprint density at radius 2 is 2.06 bits per heavy atom. The third kappa shape index (κ3) is 3.86. The molecule has 1 aliphatic rings. The standard InChI is InChI=1S/C14H24N4/c1-11-10-13(18-14(15-2)17-11)16-9-5-8-12-6-3-4-7-12/h10,12H,3-9H2,1-2H3,(H2,15,16,17,18). The fourth-order valence-corrected chi connectivity index (χ4v) is 2.68. The molecule has 1 saturated carbocycles. The van der Waals surface area contributed by atoms with Gasteiger partial charge in [0.1, 0.15) is 5.82 Å². The lowest BCUT2D eigenvalue weighted by Crippen LogP contribution is -2.08. The Morgan fingerprint density at radius 1 is 1.28 bits per heavy atom. The van der Waals surface area contributed by atoms with Crippen molar-refractivity contribution in [1.82, 2.24) is 9.97 Å². The Bertz CT molecular complexity index is 372. The highest BCUT2D eigenvalue weighted by molar-refractivity contribution is 5.41. The average molecular weight is 248 g/mol. The van der Waals surface area contributed by atoms with Crippen LogP contribution in [0.1, 0.15) is 44.2 Å². The lowest BCUT2D eigenvalue weighted by Gasteiger charge is -2.10. The number of anilines is 2. The lowest BCUT2D eigenvalue weighted by molar-refractivity contribution is 0.491. The van der Waals surface area contributed by atoms with E-state index in [0.717, 1.165) is 24.0 Å². The second-order valence-electron chi connectivity index (χ2n) is 5.19. The van der Waals surface area contributed by atoms with Crippen LogP contribution >= 0.6 is 0 Å². The molecule has 0 saturated heterocycles. The highest BCUT2D eigenvalue weighted by Gasteiger charge is 2.13. The van der Waals surface area contributed by atoms with Crippen LogP contribution < -0.4 is 10.6 Å². The van der Waals surface area contributed by atoms with Crippen molar-refractivity contribution < 1.29 is 0 Å². The Morgan fingerprint density at radius 3 is 2.78 bits per heavy atom. The average Bonchev–Trinajstić information content (AvgIpc) is 2.87. The SMILES string of the molecule is CNc1nc(C)cc(NCCCC2CCCC2)n1. The largest absolute Gasteiger partial charge is 0.370 e. The van der Waals surface area contributed by atoms with Gasteiger partial charge in [-0.3, -0.25) is 0 Å². The zero-order valence-corrected chi connectivity index (χ0v) is 11.5. The van der Waals surface area contributed by atoms with E-state index in [0.29, 0.717) is 5.95 Å². The minimum absolute atomic E-state index is 0.688. The fraction of sp³-hybridized carbons (Fsp3) is 0.714. The molecule has 0 unspecified atom stereocenters. The van der Waals surface area contributed by atoms with Gasteiger partial charge in [-0.05, 0) is 25.7 Å². The van der Waals surface area contributed by atoms with Crippen molar-refractivity contribution in [2.75, 3.05) is 24.2 Å². The second kappa shape index (κ2) is 6.57. The van der Waals surface area contributed by atoms with E-state index in [1.165, 1.54) is 38.5 Å². The van der Waals surface area contributed by atoms with Crippen molar-refractivity contribution in [3.8, 4) is 0 Å². The van der Waals surface area contributed by atoms with Gasteiger partial charge in [0, 0.05) is 25.4 Å². The number of aromatic nitrogens is 2. The summed E-state index contributed by atoms with van der Waals surface area (Å²) in [6, 6.07) is 2.00. The van der Waals surface area contributed by atoms with Crippen molar-refractivity contribution in [1.29, 1.82) is 0 Å². The summed E-state index contributed by atoms with van der Waals surface area (Å²) >= 11 is 0. The van der Waals surface area contributed by atoms with Gasteiger partial charge in [0.2, 0.25) is 5.95 Å². The van der Waals surface area contributed by atoms with Gasteiger partial charge >= 0.3 is 0 Å². The maximum atomic E-state index is 4.39. The van der Waals surface area contributed by atoms with Crippen LogP contribution in [0.15, 0.2) is 6.07 Å². The molecule has 0 aromatic carbocycles. The third-order valence-electron chi connectivity index (χ3n) is 3.65. The maximum absolute atomic E-state index is 4.39. The molecule has 4 heteroatoms. The molecule has 0 spiro atoms. The summed E-state index contributed by atoms with van der Waals surface area (Å²) in [6.45, 7) is 3.00. The molecule has 0 bridgehead atoms. The Balaban J connectivity index is 1.73. The van der Waals surface area contributed by atoms with E-state index in [1.54, 1.807) is 0 Å². The molecule has 1 aromatic heterocycles. The van der Waals surface area contributed by atoms with Crippen molar-refractivity contribution >= 4 is 11.8 Å². The van der Waals surface area contributed by atoms with Crippen molar-refractivity contribution in [3.05, 3.63) is 11.8 Å². The highest BCUT2D eigenvalue weighted by atomic mass is 15.1. The third-order valence-corrected chi connectivity index (χ3v) is 3.65. The van der Waals surface area contributed by atoms with Crippen LogP contribution in [0.3, 0.4) is 0 Å². The summed E-state index contributed by atoms with van der Waals surface area (Å²) in [5, 5.41) is 6.37. The molecule has 1 aromatic rings. The molecule has 0 amide bonds. The minimum Gasteiger partial charge on any atom is -0.370 e. The van der Waals surface area contributed by atoms with E-state index in [4.69, 9.17) is 0 Å². The van der Waals surface area contributed by atoms with Crippen molar-refractivity contribution in [2.45, 2.75) is 45.4 Å². The first-order valence-electron chi connectivity index (χ1n) is 7.05. The highest BCUT2D eigenvalue weighted by Crippen LogP contribution is 2.28. The monoisotopic (exact) mass is 248 g/mol. The summed E-state index contributed by atoms with van der Waals surface area (Å²) < 4.78 is 0. The molecule has 18 heavy (non-hydrogen) atoms. The predicted octanol–water partition coefficient (Wildman–Crippen LogP) is 3.21. The molecule has 100 valence electrons. The van der Waals surface area contributed by atoms with Gasteiger partial charge in [0.25, 0.3) is 0 Å². The quantitative estimate of drug-likeness (QED) is 0.759. The summed E-state index contributed by atoms with van der Waals surface area (Å²) in [7, 11) is 1.85. The summed E-state index contributed by atoms with van der Waals surface area (Å²) in [5.41, 5.74) is 0.993. The Labute approximate surface area is 110 Å². The molecule has 0 radical (unpaired) electrons. The van der Waals surface area contributed by atoms with Crippen LogP contribution in [0.4, 0.5) is 11.8 Å². The van der Waals surface area contributed by atoms with Crippen LogP contribution in [0.5, 0.6) is 0 Å². The molecule has 2 N–H and O–H groups in total. The second-order valence-corrected chi connectivity index (χ2v) is 5.19. The van der Waals surface area contributed by atoms with Crippen LogP contribution in [0, 0.1) is 12.8 Å². The van der Waals surface area contributed by atoms with Gasteiger partial charge in [0.05, 0.1) is 0 Å². The topological polar surface area (TPSA) is 49.8 Å². The normalized spacial score (nSPS) is 15.9. The molecular formula is C14H24N4. The van der Waals surface area contributed by atoms with E-state index in [2.05, 4.69) is 20.6 Å². The molecular weight excluding hydrogens is 224 g/mol. The molecule has 1 aliphatic carbocycles. The van der Waals surface area contributed by atoms with E-state index in [-0.39, 0.29) is 0 Å². The number of rotatable bonds is 6. The molecule has 4 nitrogen and oxygen atoms in total. The molecule has 1 fully saturated rings. The fourth-order valence-electron chi connectivity index (χ4n) is 2.68. The summed E-state index contributed by atoms with van der Waals surface area (Å²) in [6.07, 6.45) is 8.36. The van der Waals surface area contributed by atoms with Gasteiger partial charge in [-0.2, -0.15) is 4.98 Å². The smallest absolute Gasteiger partial charge is 0.224 e. The van der Waals surface area contributed by atoms with Crippen LogP contribution in [0.25, 0.3) is 0 Å². The van der Waals surface area contributed by atoms with Crippen LogP contribution in [-0.4, -0.2) is 23.6 Å². The van der Waals surface area contributed by atoms with Crippen molar-refractivity contribution in [3.63, 3.8) is 0 Å². The summed E-state index contributed by atoms with van der Waals surface area (Å²) in [5.74, 6) is 2.60. The first-order valence-corrected chi connectivity index (χ1v) is 7.05. The Hall–Kier alpha value is -1.32. The Kier molecular flexibility index (Phi) is 4.79. The van der Waals surface area contributed by atoms with E-state index in [1.807, 2.05) is 20.0 Å². The molecule has 0 atom stereocenters. The number of hydrogen-bond acceptors (Lipinski definition) is 4. The molecule has 2 rings (SSSR count). The van der Waals surface area contributed by atoms with Gasteiger partial charge in [-0.15, -0.1) is 0 Å². The number of nitrogens with zero attached hydrogens (tertiary/aromatic N) is 2. The zero-order chi connectivity index (χ0) is 12.8. The zero-order valence-electron chi connectivity index (χ0n) is 11.5. The number of aryl methyl sites for hydroxylation is 1.